The molecule has 0 unspecified atom stereocenters. The number of aromatic nitrogens is 1. The molecule has 0 bridgehead atoms. The van der Waals surface area contributed by atoms with Gasteiger partial charge in [0.1, 0.15) is 5.56 Å². The maximum atomic E-state index is 13.9. The molecule has 6 nitrogen and oxygen atoms in total. The summed E-state index contributed by atoms with van der Waals surface area (Å²) in [5.41, 5.74) is -1.23. The third-order valence-corrected chi connectivity index (χ3v) is 3.54. The third-order valence-electron chi connectivity index (χ3n) is 3.54. The third kappa shape index (κ3) is 3.76. The smallest absolute Gasteiger partial charge is 0.491 e. The van der Waals surface area contributed by atoms with Crippen molar-refractivity contribution in [3.05, 3.63) is 39.7 Å². The van der Waals surface area contributed by atoms with E-state index in [0.717, 1.165) is 18.9 Å². The number of ether oxygens (including phenoxy) is 1. The van der Waals surface area contributed by atoms with Crippen molar-refractivity contribution in [2.75, 3.05) is 7.11 Å². The summed E-state index contributed by atoms with van der Waals surface area (Å²) in [5.74, 6) is -4.23. The highest BCUT2D eigenvalue weighted by atomic mass is 19.2. The molecular formula is C14H12BF4NO5. The molecule has 3 rings (SSSR count). The predicted molar refractivity (Wildman–Crippen MR) is 80.1 cm³/mol. The van der Waals surface area contributed by atoms with E-state index in [1.54, 1.807) is 0 Å². The Kier molecular flexibility index (Phi) is 5.36. The second-order valence-electron chi connectivity index (χ2n) is 5.19. The highest BCUT2D eigenvalue weighted by Gasteiger charge is 2.30. The molecule has 11 heteroatoms. The monoisotopic (exact) mass is 361 g/mol. The number of carboxylic acid groups (broad SMARTS) is 1. The Bertz CT molecular complexity index is 879. The second-order valence-corrected chi connectivity index (χ2v) is 5.19. The van der Waals surface area contributed by atoms with E-state index in [1.807, 2.05) is 0 Å². The summed E-state index contributed by atoms with van der Waals surface area (Å²) in [5, 5.41) is 15.6. The van der Waals surface area contributed by atoms with Gasteiger partial charge in [0.2, 0.25) is 11.2 Å². The summed E-state index contributed by atoms with van der Waals surface area (Å²) < 4.78 is 53.6. The Labute approximate surface area is 138 Å². The van der Waals surface area contributed by atoms with Crippen LogP contribution in [-0.4, -0.2) is 35.2 Å². The number of pyridine rings is 1. The number of methoxy groups -OCH3 is 1. The molecule has 0 saturated heterocycles. The average molecular weight is 361 g/mol. The number of aromatic carboxylic acids is 1. The van der Waals surface area contributed by atoms with Gasteiger partial charge in [-0.25, -0.2) is 9.18 Å². The summed E-state index contributed by atoms with van der Waals surface area (Å²) in [4.78, 5) is 23.3. The molecule has 2 aromatic rings. The average Bonchev–Trinajstić information content (AvgIpc) is 3.33. The van der Waals surface area contributed by atoms with Gasteiger partial charge in [-0.15, -0.1) is 0 Å². The molecule has 0 amide bonds. The van der Waals surface area contributed by atoms with E-state index in [2.05, 4.69) is 0 Å². The van der Waals surface area contributed by atoms with Crippen LogP contribution in [0.4, 0.5) is 17.4 Å². The van der Waals surface area contributed by atoms with Crippen molar-refractivity contribution in [1.29, 1.82) is 0 Å². The normalized spacial score (nSPS) is 13.2. The molecule has 1 heterocycles. The number of fused-ring (bicyclic) bond motifs is 1. The van der Waals surface area contributed by atoms with Crippen molar-refractivity contribution in [3.63, 3.8) is 0 Å². The van der Waals surface area contributed by atoms with Crippen LogP contribution in [0, 0.1) is 11.6 Å². The van der Waals surface area contributed by atoms with Crippen molar-refractivity contribution in [2.45, 2.75) is 18.9 Å². The Morgan fingerprint density at radius 3 is 2.36 bits per heavy atom. The summed E-state index contributed by atoms with van der Waals surface area (Å²) in [7, 11) is -2.00. The van der Waals surface area contributed by atoms with Gasteiger partial charge >= 0.3 is 13.4 Å². The van der Waals surface area contributed by atoms with Gasteiger partial charge in [-0.1, -0.05) is 0 Å². The Balaban J connectivity index is 0.000000511. The lowest BCUT2D eigenvalue weighted by atomic mass is 10.1. The van der Waals surface area contributed by atoms with Crippen LogP contribution in [0.2, 0.25) is 0 Å². The first-order valence-electron chi connectivity index (χ1n) is 6.99. The topological polar surface area (TPSA) is 88.8 Å². The number of hydrogen-bond acceptors (Lipinski definition) is 4. The first-order chi connectivity index (χ1) is 11.7. The fraction of sp³-hybridized carbons (Fsp3) is 0.286. The van der Waals surface area contributed by atoms with Crippen LogP contribution in [0.5, 0.6) is 5.75 Å². The summed E-state index contributed by atoms with van der Waals surface area (Å²) in [6.45, 7) is 0. The van der Waals surface area contributed by atoms with Crippen LogP contribution in [0.15, 0.2) is 17.1 Å². The number of benzene rings is 1. The fourth-order valence-electron chi connectivity index (χ4n) is 2.41. The van der Waals surface area contributed by atoms with Gasteiger partial charge in [-0.2, -0.15) is 4.39 Å². The lowest BCUT2D eigenvalue weighted by Gasteiger charge is -2.15. The molecule has 1 fully saturated rings. The standard InChI is InChI=1S/C14H11F2NO4.BF2HO/c1-21-13-10(16)9(15)4-7-11(13)17(6-2-3-6)5-8(12(7)18)14(19)20;2-1(3)4/h4-6H,2-3H2,1H3,(H,19,20);4H. The van der Waals surface area contributed by atoms with Gasteiger partial charge < -0.3 is 19.4 Å². The SMILES string of the molecule is COc1c(F)c(F)cc2c(=O)c(C(=O)O)cn(C3CC3)c12.OB(F)F. The summed E-state index contributed by atoms with van der Waals surface area (Å²) >= 11 is 0. The molecule has 134 valence electrons. The molecule has 1 saturated carbocycles. The Morgan fingerprint density at radius 2 is 1.92 bits per heavy atom. The Morgan fingerprint density at radius 1 is 1.36 bits per heavy atom. The molecular weight excluding hydrogens is 349 g/mol. The zero-order chi connectivity index (χ0) is 18.9. The number of carboxylic acids is 1. The van der Waals surface area contributed by atoms with E-state index in [-0.39, 0.29) is 22.7 Å². The van der Waals surface area contributed by atoms with Gasteiger partial charge in [0.25, 0.3) is 0 Å². The fourth-order valence-corrected chi connectivity index (χ4v) is 2.41. The lowest BCUT2D eigenvalue weighted by molar-refractivity contribution is 0.0694. The van der Waals surface area contributed by atoms with Crippen molar-refractivity contribution in [1.82, 2.24) is 4.57 Å². The zero-order valence-electron chi connectivity index (χ0n) is 12.8. The van der Waals surface area contributed by atoms with E-state index < -0.39 is 36.1 Å². The molecule has 1 aromatic carbocycles. The van der Waals surface area contributed by atoms with Gasteiger partial charge in [0.05, 0.1) is 18.0 Å². The van der Waals surface area contributed by atoms with Gasteiger partial charge in [-0.05, 0) is 18.9 Å². The maximum Gasteiger partial charge on any atom is 0.718 e. The Hall–Kier alpha value is -2.56. The van der Waals surface area contributed by atoms with E-state index in [1.165, 1.54) is 17.9 Å². The highest BCUT2D eigenvalue weighted by molar-refractivity contribution is 6.32. The van der Waals surface area contributed by atoms with Crippen molar-refractivity contribution >= 4 is 24.3 Å². The molecule has 2 N–H and O–H groups in total. The number of nitrogens with zero attached hydrogens (tertiary/aromatic N) is 1. The van der Waals surface area contributed by atoms with E-state index in [0.29, 0.717) is 0 Å². The van der Waals surface area contributed by atoms with Crippen LogP contribution >= 0.6 is 0 Å². The number of carbonyl (C=O) groups is 1. The molecule has 1 aliphatic rings. The van der Waals surface area contributed by atoms with E-state index in [9.17, 15) is 27.0 Å². The molecule has 0 atom stereocenters. The van der Waals surface area contributed by atoms with Crippen LogP contribution in [0.25, 0.3) is 10.9 Å². The van der Waals surface area contributed by atoms with Gasteiger partial charge in [-0.3, -0.25) is 13.4 Å². The van der Waals surface area contributed by atoms with Crippen molar-refractivity contribution in [3.8, 4) is 5.75 Å². The number of rotatable bonds is 3. The molecule has 1 aliphatic carbocycles. The van der Waals surface area contributed by atoms with Crippen LogP contribution < -0.4 is 10.2 Å². The quantitative estimate of drug-likeness (QED) is 0.647. The highest BCUT2D eigenvalue weighted by Crippen LogP contribution is 2.40. The molecule has 0 aliphatic heterocycles. The minimum atomic E-state index is -3.17. The van der Waals surface area contributed by atoms with Crippen LogP contribution in [0.3, 0.4) is 0 Å². The van der Waals surface area contributed by atoms with Crippen LogP contribution in [-0.2, 0) is 0 Å². The maximum absolute atomic E-state index is 13.9. The van der Waals surface area contributed by atoms with E-state index in [4.69, 9.17) is 14.9 Å². The molecule has 25 heavy (non-hydrogen) atoms. The zero-order valence-corrected chi connectivity index (χ0v) is 12.8. The first-order valence-corrected chi connectivity index (χ1v) is 6.99. The number of halogens is 4. The van der Waals surface area contributed by atoms with Crippen molar-refractivity contribution < 1.29 is 37.1 Å². The van der Waals surface area contributed by atoms with E-state index >= 15 is 0 Å². The molecule has 0 radical (unpaired) electrons. The molecule has 0 spiro atoms. The van der Waals surface area contributed by atoms with Crippen molar-refractivity contribution in [2.24, 2.45) is 0 Å². The van der Waals surface area contributed by atoms with Crippen LogP contribution in [0.1, 0.15) is 29.2 Å². The summed E-state index contributed by atoms with van der Waals surface area (Å²) in [6.07, 6.45) is 2.73. The number of hydrogen-bond donors (Lipinski definition) is 2. The second kappa shape index (κ2) is 7.13. The van der Waals surface area contributed by atoms with Gasteiger partial charge in [0, 0.05) is 12.2 Å². The predicted octanol–water partition coefficient (Wildman–Crippen LogP) is 2.22. The minimum Gasteiger partial charge on any atom is -0.491 e. The minimum absolute atomic E-state index is 0.0371. The molecule has 1 aromatic heterocycles. The first kappa shape index (κ1) is 18.8. The summed E-state index contributed by atoms with van der Waals surface area (Å²) in [6, 6.07) is 0.686. The lowest BCUT2D eigenvalue weighted by Crippen LogP contribution is -2.19. The van der Waals surface area contributed by atoms with Gasteiger partial charge in [0.15, 0.2) is 11.6 Å². The largest absolute Gasteiger partial charge is 0.718 e.